The van der Waals surface area contributed by atoms with Gasteiger partial charge in [0.1, 0.15) is 11.0 Å². The van der Waals surface area contributed by atoms with Crippen LogP contribution in [0.2, 0.25) is 0 Å². The van der Waals surface area contributed by atoms with Crippen LogP contribution in [0.25, 0.3) is 78.5 Å². The van der Waals surface area contributed by atoms with E-state index >= 15 is 0 Å². The summed E-state index contributed by atoms with van der Waals surface area (Å²) in [4.78, 5) is 14.4. The highest BCUT2D eigenvalue weighted by Gasteiger charge is 2.37. The number of aromatic nitrogens is 2. The Bertz CT molecular complexity index is 3590. The van der Waals surface area contributed by atoms with E-state index < -0.39 is 0 Å². The van der Waals surface area contributed by atoms with E-state index in [4.69, 9.17) is 18.8 Å². The summed E-state index contributed by atoms with van der Waals surface area (Å²) in [7, 11) is 0. The molecule has 0 saturated carbocycles. The number of nitrogens with zero attached hydrogens (tertiary/aromatic N) is 4. The first-order chi connectivity index (χ1) is 34.9. The van der Waals surface area contributed by atoms with Crippen molar-refractivity contribution in [1.82, 2.24) is 9.97 Å². The summed E-state index contributed by atoms with van der Waals surface area (Å²) >= 11 is 0. The minimum Gasteiger partial charge on any atom is -0.436 e. The van der Waals surface area contributed by atoms with Crippen molar-refractivity contribution < 1.29 is 8.83 Å². The van der Waals surface area contributed by atoms with Gasteiger partial charge in [0, 0.05) is 50.4 Å². The molecule has 6 nitrogen and oxygen atoms in total. The Morgan fingerprint density at radius 3 is 1.11 bits per heavy atom. The number of oxazole rings is 2. The van der Waals surface area contributed by atoms with E-state index in [0.29, 0.717) is 11.8 Å². The maximum atomic E-state index is 6.20. The van der Waals surface area contributed by atoms with Gasteiger partial charge in [-0.1, -0.05) is 147 Å². The number of hydrogen-bond donors (Lipinski definition) is 0. The second kappa shape index (κ2) is 17.1. The Morgan fingerprint density at radius 1 is 0.324 bits per heavy atom. The van der Waals surface area contributed by atoms with Gasteiger partial charge in [-0.25, -0.2) is 9.97 Å². The average Bonchev–Trinajstić information content (AvgIpc) is 4.13. The molecule has 71 heavy (non-hydrogen) atoms. The van der Waals surface area contributed by atoms with Crippen molar-refractivity contribution in [1.29, 1.82) is 0 Å². The maximum absolute atomic E-state index is 6.20. The third-order valence-corrected chi connectivity index (χ3v) is 14.0. The standard InChI is InChI=1S/C65H46N4O2/c1-65(2)55-41-49(68(59-25-13-9-21-51(59)43-17-5-3-6-18-43)47-33-29-45(30-34-47)63-66-57-23-11-15-27-61(57)70-63)37-39-53(55)54-40-38-50(42-56(54)65)69(60-26-14-10-22-52(60)44-19-7-4-8-20-44)48-35-31-46(32-36-48)64-67-58-24-12-16-28-62(58)71-64/h3-42H,1-2H3. The lowest BCUT2D eigenvalue weighted by atomic mass is 9.82. The van der Waals surface area contributed by atoms with Gasteiger partial charge in [-0.05, 0) is 143 Å². The van der Waals surface area contributed by atoms with Gasteiger partial charge in [0.25, 0.3) is 0 Å². The molecule has 0 saturated heterocycles. The zero-order valence-electron chi connectivity index (χ0n) is 39.2. The topological polar surface area (TPSA) is 58.5 Å². The van der Waals surface area contributed by atoms with Gasteiger partial charge >= 0.3 is 0 Å². The first-order valence-electron chi connectivity index (χ1n) is 24.1. The molecule has 1 aliphatic rings. The van der Waals surface area contributed by atoms with Crippen molar-refractivity contribution in [3.63, 3.8) is 0 Å². The van der Waals surface area contributed by atoms with E-state index in [-0.39, 0.29) is 5.41 Å². The zero-order valence-corrected chi connectivity index (χ0v) is 39.2. The van der Waals surface area contributed by atoms with E-state index in [1.54, 1.807) is 0 Å². The fraction of sp³-hybridized carbons (Fsp3) is 0.0462. The molecule has 0 bridgehead atoms. The summed E-state index contributed by atoms with van der Waals surface area (Å²) < 4.78 is 12.4. The highest BCUT2D eigenvalue weighted by atomic mass is 16.4. The van der Waals surface area contributed by atoms with Crippen LogP contribution < -0.4 is 9.80 Å². The average molecular weight is 915 g/mol. The van der Waals surface area contributed by atoms with Crippen LogP contribution in [0.4, 0.5) is 34.1 Å². The van der Waals surface area contributed by atoms with Crippen LogP contribution in [-0.2, 0) is 5.41 Å². The number of fused-ring (bicyclic) bond motifs is 5. The lowest BCUT2D eigenvalue weighted by Crippen LogP contribution is -2.18. The minimum atomic E-state index is -0.348. The first kappa shape index (κ1) is 41.9. The third kappa shape index (κ3) is 7.36. The highest BCUT2D eigenvalue weighted by molar-refractivity contribution is 5.94. The van der Waals surface area contributed by atoms with Gasteiger partial charge in [0.15, 0.2) is 11.2 Å². The zero-order chi connectivity index (χ0) is 47.5. The Hall–Kier alpha value is -9.26. The summed E-state index contributed by atoms with van der Waals surface area (Å²) in [6.45, 7) is 4.72. The predicted molar refractivity (Wildman–Crippen MR) is 290 cm³/mol. The second-order valence-electron chi connectivity index (χ2n) is 18.6. The molecule has 0 amide bonds. The Kier molecular flexibility index (Phi) is 10.1. The van der Waals surface area contributed by atoms with Crippen LogP contribution in [0.15, 0.2) is 251 Å². The van der Waals surface area contributed by atoms with Gasteiger partial charge in [0.05, 0.1) is 11.4 Å². The van der Waals surface area contributed by atoms with Gasteiger partial charge in [0.2, 0.25) is 11.8 Å². The van der Waals surface area contributed by atoms with Crippen molar-refractivity contribution in [2.75, 3.05) is 9.80 Å². The molecule has 10 aromatic carbocycles. The molecule has 12 aromatic rings. The van der Waals surface area contributed by atoms with E-state index in [1.807, 2.05) is 48.5 Å². The van der Waals surface area contributed by atoms with Gasteiger partial charge in [-0.15, -0.1) is 0 Å². The van der Waals surface area contributed by atoms with Crippen LogP contribution >= 0.6 is 0 Å². The molecule has 338 valence electrons. The van der Waals surface area contributed by atoms with E-state index in [2.05, 4.69) is 218 Å². The molecule has 13 rings (SSSR count). The number of para-hydroxylation sites is 6. The molecule has 1 aliphatic carbocycles. The molecule has 2 heterocycles. The molecule has 0 N–H and O–H groups in total. The van der Waals surface area contributed by atoms with Gasteiger partial charge < -0.3 is 18.6 Å². The first-order valence-corrected chi connectivity index (χ1v) is 24.1. The lowest BCUT2D eigenvalue weighted by Gasteiger charge is -2.30. The summed E-state index contributed by atoms with van der Waals surface area (Å²) in [6.07, 6.45) is 0. The van der Waals surface area contributed by atoms with Gasteiger partial charge in [-0.2, -0.15) is 0 Å². The highest BCUT2D eigenvalue weighted by Crippen LogP contribution is 2.53. The summed E-state index contributed by atoms with van der Waals surface area (Å²) in [5.74, 6) is 1.20. The SMILES string of the molecule is CC1(C)c2cc(N(c3ccc(-c4nc5ccccc5o4)cc3)c3ccccc3-c3ccccc3)ccc2-c2ccc(N(c3ccc(-c4nc5ccccc5o4)cc3)c3ccccc3-c3ccccc3)cc21. The van der Waals surface area contributed by atoms with Crippen molar-refractivity contribution in [2.45, 2.75) is 19.3 Å². The third-order valence-electron chi connectivity index (χ3n) is 14.0. The lowest BCUT2D eigenvalue weighted by molar-refractivity contribution is 0.619. The fourth-order valence-electron chi connectivity index (χ4n) is 10.4. The molecular weight excluding hydrogens is 869 g/mol. The van der Waals surface area contributed by atoms with Crippen LogP contribution in [-0.4, -0.2) is 9.97 Å². The van der Waals surface area contributed by atoms with Crippen LogP contribution in [0.1, 0.15) is 25.0 Å². The van der Waals surface area contributed by atoms with E-state index in [9.17, 15) is 0 Å². The number of anilines is 6. The molecule has 2 aromatic heterocycles. The number of rotatable bonds is 10. The molecule has 6 heteroatoms. The van der Waals surface area contributed by atoms with Crippen LogP contribution in [0.5, 0.6) is 0 Å². The number of hydrogen-bond acceptors (Lipinski definition) is 6. The van der Waals surface area contributed by atoms with E-state index in [0.717, 1.165) is 89.7 Å². The largest absolute Gasteiger partial charge is 0.436 e. The molecule has 0 spiro atoms. The molecule has 0 radical (unpaired) electrons. The summed E-state index contributed by atoms with van der Waals surface area (Å²) in [5.41, 5.74) is 20.7. The molecule has 0 unspecified atom stereocenters. The van der Waals surface area contributed by atoms with Crippen LogP contribution in [0, 0.1) is 0 Å². The molecule has 0 atom stereocenters. The molecule has 0 fully saturated rings. The fourth-order valence-corrected chi connectivity index (χ4v) is 10.4. The second-order valence-corrected chi connectivity index (χ2v) is 18.6. The molecule has 0 aliphatic heterocycles. The Morgan fingerprint density at radius 2 is 0.690 bits per heavy atom. The number of benzene rings is 10. The van der Waals surface area contributed by atoms with E-state index in [1.165, 1.54) is 22.3 Å². The summed E-state index contributed by atoms with van der Waals surface area (Å²) in [6, 6.07) is 85.5. The van der Waals surface area contributed by atoms with Crippen molar-refractivity contribution in [3.05, 3.63) is 254 Å². The quantitative estimate of drug-likeness (QED) is 0.136. The predicted octanol–water partition coefficient (Wildman–Crippen LogP) is 17.9. The van der Waals surface area contributed by atoms with Crippen molar-refractivity contribution >= 4 is 56.3 Å². The smallest absolute Gasteiger partial charge is 0.227 e. The van der Waals surface area contributed by atoms with Crippen molar-refractivity contribution in [2.24, 2.45) is 0 Å². The molecular formula is C65H46N4O2. The van der Waals surface area contributed by atoms with Crippen molar-refractivity contribution in [3.8, 4) is 56.3 Å². The Labute approximate surface area is 412 Å². The minimum absolute atomic E-state index is 0.348. The maximum Gasteiger partial charge on any atom is 0.227 e. The Balaban J connectivity index is 0.917. The normalized spacial score (nSPS) is 12.5. The summed E-state index contributed by atoms with van der Waals surface area (Å²) in [5, 5.41) is 0. The van der Waals surface area contributed by atoms with Gasteiger partial charge in [-0.3, -0.25) is 0 Å². The van der Waals surface area contributed by atoms with Crippen LogP contribution in [0.3, 0.4) is 0 Å². The monoisotopic (exact) mass is 914 g/mol.